The molecule has 2 rings (SSSR count). The average Bonchev–Trinajstić information content (AvgIpc) is 2.52. The van der Waals surface area contributed by atoms with Crippen LogP contribution in [0.1, 0.15) is 63.4 Å². The maximum atomic E-state index is 11.3. The van der Waals surface area contributed by atoms with Gasteiger partial charge < -0.3 is 15.5 Å². The van der Waals surface area contributed by atoms with E-state index in [4.69, 9.17) is 0 Å². The van der Waals surface area contributed by atoms with Crippen LogP contribution in [-0.4, -0.2) is 28.3 Å². The summed E-state index contributed by atoms with van der Waals surface area (Å²) in [5.41, 5.74) is 1.28. The number of benzene rings is 1. The first-order valence-corrected chi connectivity index (χ1v) is 8.38. The van der Waals surface area contributed by atoms with Gasteiger partial charge in [0.15, 0.2) is 0 Å². The summed E-state index contributed by atoms with van der Waals surface area (Å²) in [5.74, 6) is 0.103. The fourth-order valence-corrected chi connectivity index (χ4v) is 3.31. The number of aromatic hydroxyl groups is 1. The van der Waals surface area contributed by atoms with Gasteiger partial charge >= 0.3 is 5.97 Å². The number of unbranched alkanes of at least 4 members (excludes halogenated alkanes) is 1. The molecule has 0 heterocycles. The number of nitrogens with one attached hydrogen (secondary N) is 1. The molecule has 4 nitrogen and oxygen atoms in total. The minimum absolute atomic E-state index is 0.305. The molecule has 0 aromatic heterocycles. The number of carboxylic acid groups (broad SMARTS) is 1. The molecule has 22 heavy (non-hydrogen) atoms. The molecule has 1 aliphatic carbocycles. The zero-order chi connectivity index (χ0) is 15.9. The van der Waals surface area contributed by atoms with Crippen molar-refractivity contribution in [3.63, 3.8) is 0 Å². The van der Waals surface area contributed by atoms with Crippen LogP contribution in [0.4, 0.5) is 0 Å². The van der Waals surface area contributed by atoms with Gasteiger partial charge in [0.25, 0.3) is 0 Å². The molecule has 0 saturated heterocycles. The zero-order valence-corrected chi connectivity index (χ0v) is 13.3. The number of rotatable bonds is 7. The molecule has 1 aromatic carbocycles. The zero-order valence-electron chi connectivity index (χ0n) is 13.3. The topological polar surface area (TPSA) is 69.6 Å². The van der Waals surface area contributed by atoms with Gasteiger partial charge in [-0.05, 0) is 55.7 Å². The molecule has 1 aromatic rings. The standard InChI is InChI=1S/C18H27NO3/c1-2-3-4-17(18(21)22)19-15-9-5-13(6-10-15)14-7-11-16(20)12-8-14/h7-8,11-13,15,17,19-20H,2-6,9-10H2,1H3,(H,21,22). The van der Waals surface area contributed by atoms with Crippen molar-refractivity contribution in [3.05, 3.63) is 29.8 Å². The highest BCUT2D eigenvalue weighted by Gasteiger charge is 2.26. The van der Waals surface area contributed by atoms with Gasteiger partial charge in [0, 0.05) is 6.04 Å². The van der Waals surface area contributed by atoms with E-state index in [2.05, 4.69) is 12.2 Å². The summed E-state index contributed by atoms with van der Waals surface area (Å²) in [6, 6.07) is 7.38. The number of hydrogen-bond acceptors (Lipinski definition) is 3. The first-order chi connectivity index (χ1) is 10.6. The van der Waals surface area contributed by atoms with E-state index in [1.807, 2.05) is 12.1 Å². The van der Waals surface area contributed by atoms with Gasteiger partial charge in [0.05, 0.1) is 0 Å². The molecule has 1 aliphatic rings. The lowest BCUT2D eigenvalue weighted by Gasteiger charge is -2.31. The molecular weight excluding hydrogens is 278 g/mol. The number of hydrogen-bond donors (Lipinski definition) is 3. The van der Waals surface area contributed by atoms with Gasteiger partial charge in [0.1, 0.15) is 11.8 Å². The lowest BCUT2D eigenvalue weighted by Crippen LogP contribution is -2.44. The molecule has 1 saturated carbocycles. The Hall–Kier alpha value is -1.55. The largest absolute Gasteiger partial charge is 0.508 e. The summed E-state index contributed by atoms with van der Waals surface area (Å²) in [5, 5.41) is 22.0. The van der Waals surface area contributed by atoms with Gasteiger partial charge in [-0.15, -0.1) is 0 Å². The lowest BCUT2D eigenvalue weighted by atomic mass is 9.81. The molecule has 1 fully saturated rings. The van der Waals surface area contributed by atoms with E-state index in [1.54, 1.807) is 12.1 Å². The fourth-order valence-electron chi connectivity index (χ4n) is 3.31. The number of phenolic OH excluding ortho intramolecular Hbond substituents is 1. The highest BCUT2D eigenvalue weighted by molar-refractivity contribution is 5.73. The Balaban J connectivity index is 1.83. The third kappa shape index (κ3) is 4.73. The second-order valence-electron chi connectivity index (χ2n) is 6.34. The Morgan fingerprint density at radius 3 is 2.41 bits per heavy atom. The molecule has 3 N–H and O–H groups in total. The van der Waals surface area contributed by atoms with Crippen LogP contribution in [0, 0.1) is 0 Å². The minimum atomic E-state index is -0.728. The quantitative estimate of drug-likeness (QED) is 0.719. The second kappa shape index (κ2) is 8.18. The summed E-state index contributed by atoms with van der Waals surface area (Å²) in [7, 11) is 0. The monoisotopic (exact) mass is 305 g/mol. The van der Waals surface area contributed by atoms with Crippen LogP contribution in [0.3, 0.4) is 0 Å². The van der Waals surface area contributed by atoms with Gasteiger partial charge in [-0.3, -0.25) is 4.79 Å². The molecule has 1 unspecified atom stereocenters. The Morgan fingerprint density at radius 2 is 1.86 bits per heavy atom. The minimum Gasteiger partial charge on any atom is -0.508 e. The van der Waals surface area contributed by atoms with E-state index in [1.165, 1.54) is 5.56 Å². The van der Waals surface area contributed by atoms with Crippen LogP contribution in [0.25, 0.3) is 0 Å². The Morgan fingerprint density at radius 1 is 1.23 bits per heavy atom. The predicted octanol–water partition coefficient (Wildman–Crippen LogP) is 3.65. The summed E-state index contributed by atoms with van der Waals surface area (Å²) < 4.78 is 0. The Bertz CT molecular complexity index is 464. The van der Waals surface area contributed by atoms with Crippen molar-refractivity contribution in [3.8, 4) is 5.75 Å². The van der Waals surface area contributed by atoms with Crippen molar-refractivity contribution in [2.75, 3.05) is 0 Å². The molecule has 1 atom stereocenters. The van der Waals surface area contributed by atoms with Crippen molar-refractivity contribution < 1.29 is 15.0 Å². The van der Waals surface area contributed by atoms with Gasteiger partial charge in [0.2, 0.25) is 0 Å². The SMILES string of the molecule is CCCCC(NC1CCC(c2ccc(O)cc2)CC1)C(=O)O. The smallest absolute Gasteiger partial charge is 0.320 e. The van der Waals surface area contributed by atoms with Gasteiger partial charge in [-0.25, -0.2) is 0 Å². The third-order valence-corrected chi connectivity index (χ3v) is 4.67. The summed E-state index contributed by atoms with van der Waals surface area (Å²) in [4.78, 5) is 11.3. The average molecular weight is 305 g/mol. The molecule has 0 amide bonds. The van der Waals surface area contributed by atoms with Crippen molar-refractivity contribution in [2.45, 2.75) is 69.9 Å². The summed E-state index contributed by atoms with van der Waals surface area (Å²) >= 11 is 0. The van der Waals surface area contributed by atoms with Crippen molar-refractivity contribution in [1.29, 1.82) is 0 Å². The molecular formula is C18H27NO3. The first-order valence-electron chi connectivity index (χ1n) is 8.38. The summed E-state index contributed by atoms with van der Waals surface area (Å²) in [6.45, 7) is 2.09. The van der Waals surface area contributed by atoms with Crippen molar-refractivity contribution in [1.82, 2.24) is 5.32 Å². The maximum absolute atomic E-state index is 11.3. The maximum Gasteiger partial charge on any atom is 0.320 e. The number of phenols is 1. The van der Waals surface area contributed by atoms with Crippen LogP contribution in [0.2, 0.25) is 0 Å². The predicted molar refractivity (Wildman–Crippen MR) is 87.2 cm³/mol. The molecule has 0 radical (unpaired) electrons. The Labute approximate surface area is 132 Å². The lowest BCUT2D eigenvalue weighted by molar-refractivity contribution is -0.140. The Kier molecular flexibility index (Phi) is 6.25. The van der Waals surface area contributed by atoms with E-state index >= 15 is 0 Å². The molecule has 0 spiro atoms. The fraction of sp³-hybridized carbons (Fsp3) is 0.611. The van der Waals surface area contributed by atoms with E-state index in [0.717, 1.165) is 38.5 Å². The molecule has 0 aliphatic heterocycles. The van der Waals surface area contributed by atoms with E-state index < -0.39 is 12.0 Å². The normalized spacial score (nSPS) is 23.1. The van der Waals surface area contributed by atoms with E-state index in [0.29, 0.717) is 24.1 Å². The number of aliphatic carboxylic acids is 1. The number of carbonyl (C=O) groups is 1. The molecule has 0 bridgehead atoms. The van der Waals surface area contributed by atoms with Gasteiger partial charge in [-0.2, -0.15) is 0 Å². The molecule has 4 heteroatoms. The second-order valence-corrected chi connectivity index (χ2v) is 6.34. The van der Waals surface area contributed by atoms with Gasteiger partial charge in [-0.1, -0.05) is 31.9 Å². The van der Waals surface area contributed by atoms with Crippen molar-refractivity contribution >= 4 is 5.97 Å². The van der Waals surface area contributed by atoms with Crippen LogP contribution >= 0.6 is 0 Å². The highest BCUT2D eigenvalue weighted by atomic mass is 16.4. The van der Waals surface area contributed by atoms with E-state index in [9.17, 15) is 15.0 Å². The highest BCUT2D eigenvalue weighted by Crippen LogP contribution is 2.33. The van der Waals surface area contributed by atoms with E-state index in [-0.39, 0.29) is 0 Å². The van der Waals surface area contributed by atoms with Crippen LogP contribution in [0.5, 0.6) is 5.75 Å². The van der Waals surface area contributed by atoms with Crippen LogP contribution < -0.4 is 5.32 Å². The molecule has 122 valence electrons. The number of carboxylic acids is 1. The summed E-state index contributed by atoms with van der Waals surface area (Å²) in [6.07, 6.45) is 6.86. The van der Waals surface area contributed by atoms with Crippen LogP contribution in [-0.2, 0) is 4.79 Å². The van der Waals surface area contributed by atoms with Crippen molar-refractivity contribution in [2.24, 2.45) is 0 Å². The van der Waals surface area contributed by atoms with Crippen LogP contribution in [0.15, 0.2) is 24.3 Å². The third-order valence-electron chi connectivity index (χ3n) is 4.67. The first kappa shape index (κ1) is 16.8.